The second-order valence-corrected chi connectivity index (χ2v) is 6.88. The fraction of sp³-hybridized carbons (Fsp3) is 0.455. The minimum Gasteiger partial charge on any atom is -0.496 e. The van der Waals surface area contributed by atoms with Gasteiger partial charge in [-0.1, -0.05) is 49.2 Å². The van der Waals surface area contributed by atoms with Crippen LogP contribution < -0.4 is 20.1 Å². The van der Waals surface area contributed by atoms with E-state index in [1.807, 2.05) is 24.3 Å². The Hall–Kier alpha value is -2.04. The lowest BCUT2D eigenvalue weighted by Crippen LogP contribution is -2.49. The maximum atomic E-state index is 5.47. The Labute approximate surface area is 156 Å². The van der Waals surface area contributed by atoms with Crippen LogP contribution in [0.2, 0.25) is 0 Å². The van der Waals surface area contributed by atoms with Crippen LogP contribution in [-0.2, 0) is 13.1 Å². The maximum absolute atomic E-state index is 5.47. The molecule has 0 saturated heterocycles. The number of rotatable bonds is 8. The number of benzene rings is 2. The average Bonchev–Trinajstić information content (AvgIpc) is 2.71. The second kappa shape index (κ2) is 9.60. The highest BCUT2D eigenvalue weighted by molar-refractivity contribution is 5.34. The van der Waals surface area contributed by atoms with Gasteiger partial charge in [-0.15, -0.1) is 0 Å². The van der Waals surface area contributed by atoms with Gasteiger partial charge in [-0.2, -0.15) is 0 Å². The van der Waals surface area contributed by atoms with Crippen molar-refractivity contribution in [1.82, 2.24) is 10.6 Å². The summed E-state index contributed by atoms with van der Waals surface area (Å²) in [7, 11) is 3.47. The normalized spacial score (nSPS) is 19.9. The molecule has 1 aliphatic carbocycles. The van der Waals surface area contributed by atoms with E-state index >= 15 is 0 Å². The molecular weight excluding hydrogens is 324 g/mol. The van der Waals surface area contributed by atoms with E-state index < -0.39 is 0 Å². The summed E-state index contributed by atoms with van der Waals surface area (Å²) in [6, 6.07) is 17.4. The fourth-order valence-electron chi connectivity index (χ4n) is 3.80. The Morgan fingerprint density at radius 1 is 0.731 bits per heavy atom. The topological polar surface area (TPSA) is 42.5 Å². The van der Waals surface area contributed by atoms with E-state index in [9.17, 15) is 0 Å². The molecule has 0 aromatic heterocycles. The van der Waals surface area contributed by atoms with Gasteiger partial charge in [0, 0.05) is 36.3 Å². The summed E-state index contributed by atoms with van der Waals surface area (Å²) >= 11 is 0. The molecule has 3 rings (SSSR count). The molecule has 0 amide bonds. The summed E-state index contributed by atoms with van der Waals surface area (Å²) in [5.41, 5.74) is 2.42. The van der Waals surface area contributed by atoms with Crippen LogP contribution in [0.3, 0.4) is 0 Å². The van der Waals surface area contributed by atoms with Crippen LogP contribution in [0.25, 0.3) is 0 Å². The fourth-order valence-corrected chi connectivity index (χ4v) is 3.80. The Bertz CT molecular complexity index is 630. The van der Waals surface area contributed by atoms with Gasteiger partial charge in [0.05, 0.1) is 14.2 Å². The van der Waals surface area contributed by atoms with Gasteiger partial charge in [-0.25, -0.2) is 0 Å². The molecular formula is C22H30N2O2. The maximum Gasteiger partial charge on any atom is 0.123 e. The summed E-state index contributed by atoms with van der Waals surface area (Å²) in [6.45, 7) is 1.67. The molecule has 2 N–H and O–H groups in total. The molecule has 0 unspecified atom stereocenters. The average molecular weight is 354 g/mol. The van der Waals surface area contributed by atoms with Gasteiger partial charge in [-0.3, -0.25) is 0 Å². The molecule has 1 aliphatic rings. The first kappa shape index (κ1) is 18.7. The number of hydrogen-bond donors (Lipinski definition) is 2. The van der Waals surface area contributed by atoms with Gasteiger partial charge >= 0.3 is 0 Å². The predicted molar refractivity (Wildman–Crippen MR) is 106 cm³/mol. The summed E-state index contributed by atoms with van der Waals surface area (Å²) in [6.07, 6.45) is 4.99. The third kappa shape index (κ3) is 4.77. The molecule has 2 aromatic rings. The zero-order chi connectivity index (χ0) is 18.2. The number of para-hydroxylation sites is 2. The highest BCUT2D eigenvalue weighted by atomic mass is 16.5. The van der Waals surface area contributed by atoms with Crippen LogP contribution in [0.1, 0.15) is 36.8 Å². The van der Waals surface area contributed by atoms with E-state index in [1.54, 1.807) is 14.2 Å². The first-order chi connectivity index (χ1) is 12.8. The Kier molecular flexibility index (Phi) is 6.92. The lowest BCUT2D eigenvalue weighted by Gasteiger charge is -2.33. The molecule has 4 nitrogen and oxygen atoms in total. The van der Waals surface area contributed by atoms with E-state index in [0.29, 0.717) is 12.1 Å². The smallest absolute Gasteiger partial charge is 0.123 e. The Morgan fingerprint density at radius 2 is 1.15 bits per heavy atom. The first-order valence-electron chi connectivity index (χ1n) is 9.52. The van der Waals surface area contributed by atoms with Crippen molar-refractivity contribution < 1.29 is 9.47 Å². The van der Waals surface area contributed by atoms with E-state index in [1.165, 1.54) is 36.8 Å². The van der Waals surface area contributed by atoms with Crippen LogP contribution >= 0.6 is 0 Å². The third-order valence-corrected chi connectivity index (χ3v) is 5.26. The molecule has 4 heteroatoms. The van der Waals surface area contributed by atoms with Crippen molar-refractivity contribution in [2.75, 3.05) is 14.2 Å². The standard InChI is InChI=1S/C22H30N2O2/c1-25-21-13-7-3-9-17(21)15-23-19-11-5-6-12-20(19)24-16-18-10-4-8-14-22(18)26-2/h3-4,7-10,13-14,19-20,23-24H,5-6,11-12,15-16H2,1-2H3/t19-,20-/m1/s1. The minimum atomic E-state index is 0.475. The molecule has 2 atom stereocenters. The van der Waals surface area contributed by atoms with E-state index in [-0.39, 0.29) is 0 Å². The number of nitrogens with one attached hydrogen (secondary N) is 2. The molecule has 0 heterocycles. The first-order valence-corrected chi connectivity index (χ1v) is 9.52. The lowest BCUT2D eigenvalue weighted by molar-refractivity contribution is 0.278. The van der Waals surface area contributed by atoms with Crippen LogP contribution in [0.5, 0.6) is 11.5 Å². The van der Waals surface area contributed by atoms with Crippen molar-refractivity contribution in [2.45, 2.75) is 50.9 Å². The summed E-state index contributed by atoms with van der Waals surface area (Å²) in [4.78, 5) is 0. The van der Waals surface area contributed by atoms with Crippen LogP contribution in [0.4, 0.5) is 0 Å². The highest BCUT2D eigenvalue weighted by Crippen LogP contribution is 2.23. The van der Waals surface area contributed by atoms with Gasteiger partial charge in [-0.05, 0) is 25.0 Å². The van der Waals surface area contributed by atoms with Crippen LogP contribution in [0, 0.1) is 0 Å². The van der Waals surface area contributed by atoms with Gasteiger partial charge in [0.1, 0.15) is 11.5 Å². The Balaban J connectivity index is 1.59. The quantitative estimate of drug-likeness (QED) is 0.755. The number of ether oxygens (including phenoxy) is 2. The molecule has 140 valence electrons. The van der Waals surface area contributed by atoms with E-state index in [0.717, 1.165) is 24.6 Å². The number of methoxy groups -OCH3 is 2. The largest absolute Gasteiger partial charge is 0.496 e. The molecule has 0 radical (unpaired) electrons. The molecule has 26 heavy (non-hydrogen) atoms. The van der Waals surface area contributed by atoms with Crippen LogP contribution in [-0.4, -0.2) is 26.3 Å². The van der Waals surface area contributed by atoms with Gasteiger partial charge in [0.15, 0.2) is 0 Å². The zero-order valence-electron chi connectivity index (χ0n) is 15.8. The molecule has 0 aliphatic heterocycles. The summed E-state index contributed by atoms with van der Waals surface area (Å²) < 4.78 is 10.9. The van der Waals surface area contributed by atoms with E-state index in [4.69, 9.17) is 9.47 Å². The second-order valence-electron chi connectivity index (χ2n) is 6.88. The molecule has 0 spiro atoms. The van der Waals surface area contributed by atoms with Gasteiger partial charge in [0.2, 0.25) is 0 Å². The third-order valence-electron chi connectivity index (χ3n) is 5.26. The predicted octanol–water partition coefficient (Wildman–Crippen LogP) is 3.89. The molecule has 0 bridgehead atoms. The summed E-state index contributed by atoms with van der Waals surface area (Å²) in [5, 5.41) is 7.51. The van der Waals surface area contributed by atoms with Crippen molar-refractivity contribution in [3.63, 3.8) is 0 Å². The number of hydrogen-bond acceptors (Lipinski definition) is 4. The molecule has 2 aromatic carbocycles. The highest BCUT2D eigenvalue weighted by Gasteiger charge is 2.24. The van der Waals surface area contributed by atoms with Crippen molar-refractivity contribution in [3.05, 3.63) is 59.7 Å². The van der Waals surface area contributed by atoms with Crippen LogP contribution in [0.15, 0.2) is 48.5 Å². The monoisotopic (exact) mass is 354 g/mol. The van der Waals surface area contributed by atoms with Crippen molar-refractivity contribution >= 4 is 0 Å². The van der Waals surface area contributed by atoms with Gasteiger partial charge in [0.25, 0.3) is 0 Å². The molecule has 1 saturated carbocycles. The Morgan fingerprint density at radius 3 is 1.58 bits per heavy atom. The van der Waals surface area contributed by atoms with Crippen molar-refractivity contribution in [3.8, 4) is 11.5 Å². The molecule has 1 fully saturated rings. The SMILES string of the molecule is COc1ccccc1CN[C@@H]1CCCC[C@H]1NCc1ccccc1OC. The van der Waals surface area contributed by atoms with E-state index in [2.05, 4.69) is 34.9 Å². The van der Waals surface area contributed by atoms with Crippen molar-refractivity contribution in [2.24, 2.45) is 0 Å². The lowest BCUT2D eigenvalue weighted by atomic mass is 9.90. The summed E-state index contributed by atoms with van der Waals surface area (Å²) in [5.74, 6) is 1.91. The van der Waals surface area contributed by atoms with Crippen molar-refractivity contribution in [1.29, 1.82) is 0 Å². The zero-order valence-corrected chi connectivity index (χ0v) is 15.8. The minimum absolute atomic E-state index is 0.475. The van der Waals surface area contributed by atoms with Gasteiger partial charge < -0.3 is 20.1 Å².